The molecule has 112 valence electrons. The van der Waals surface area contributed by atoms with Gasteiger partial charge in [0.25, 0.3) is 0 Å². The molecule has 0 heterocycles. The van der Waals surface area contributed by atoms with Crippen LogP contribution in [0.2, 0.25) is 5.02 Å². The van der Waals surface area contributed by atoms with Gasteiger partial charge < -0.3 is 5.32 Å². The summed E-state index contributed by atoms with van der Waals surface area (Å²) in [5.74, 6) is 0. The number of hydrogen-bond donors (Lipinski definition) is 1. The zero-order valence-electron chi connectivity index (χ0n) is 12.8. The second-order valence-electron chi connectivity index (χ2n) is 6.75. The molecule has 1 aromatic carbocycles. The van der Waals surface area contributed by atoms with E-state index in [9.17, 15) is 0 Å². The molecule has 0 unspecified atom stereocenters. The van der Waals surface area contributed by atoms with Crippen molar-refractivity contribution in [2.24, 2.45) is 0 Å². The Morgan fingerprint density at radius 1 is 1.20 bits per heavy atom. The van der Waals surface area contributed by atoms with Crippen LogP contribution < -0.4 is 5.32 Å². The van der Waals surface area contributed by atoms with Crippen molar-refractivity contribution in [1.82, 2.24) is 5.32 Å². The fourth-order valence-electron chi connectivity index (χ4n) is 2.48. The third-order valence-electron chi connectivity index (χ3n) is 3.66. The van der Waals surface area contributed by atoms with Crippen LogP contribution in [0.4, 0.5) is 0 Å². The van der Waals surface area contributed by atoms with E-state index in [1.165, 1.54) is 42.6 Å². The van der Waals surface area contributed by atoms with E-state index in [1.54, 1.807) is 0 Å². The fraction of sp³-hybridized carbons (Fsp3) is 0.647. The molecule has 0 aromatic heterocycles. The standard InChI is InChI=1S/C17H26ClNS/c1-17(2,3)19-12-13-9-10-16(15(18)11-13)20-14-7-5-4-6-8-14/h9-11,14,19H,4-8,12H2,1-3H3. The van der Waals surface area contributed by atoms with Crippen LogP contribution in [-0.2, 0) is 6.54 Å². The van der Waals surface area contributed by atoms with E-state index in [1.807, 2.05) is 11.8 Å². The number of benzene rings is 1. The molecule has 0 radical (unpaired) electrons. The van der Waals surface area contributed by atoms with E-state index in [0.717, 1.165) is 16.8 Å². The van der Waals surface area contributed by atoms with Crippen LogP contribution in [0.5, 0.6) is 0 Å². The van der Waals surface area contributed by atoms with Gasteiger partial charge in [0.1, 0.15) is 0 Å². The van der Waals surface area contributed by atoms with Crippen LogP contribution >= 0.6 is 23.4 Å². The predicted molar refractivity (Wildman–Crippen MR) is 90.8 cm³/mol. The lowest BCUT2D eigenvalue weighted by Gasteiger charge is -2.22. The van der Waals surface area contributed by atoms with E-state index in [4.69, 9.17) is 11.6 Å². The Morgan fingerprint density at radius 2 is 1.90 bits per heavy atom. The molecule has 0 bridgehead atoms. The molecule has 2 rings (SSSR count). The van der Waals surface area contributed by atoms with Gasteiger partial charge in [-0.25, -0.2) is 0 Å². The fourth-order valence-corrected chi connectivity index (χ4v) is 4.06. The molecule has 1 nitrogen and oxygen atoms in total. The number of halogens is 1. The molecular formula is C17H26ClNS. The Hall–Kier alpha value is -0.180. The van der Waals surface area contributed by atoms with Crippen molar-refractivity contribution in [3.63, 3.8) is 0 Å². The Balaban J connectivity index is 1.94. The number of thioether (sulfide) groups is 1. The molecule has 0 saturated heterocycles. The van der Waals surface area contributed by atoms with Crippen LogP contribution in [-0.4, -0.2) is 10.8 Å². The molecule has 0 atom stereocenters. The van der Waals surface area contributed by atoms with Crippen LogP contribution in [0, 0.1) is 0 Å². The van der Waals surface area contributed by atoms with E-state index in [2.05, 4.69) is 44.3 Å². The summed E-state index contributed by atoms with van der Waals surface area (Å²) >= 11 is 8.42. The lowest BCUT2D eigenvalue weighted by molar-refractivity contribution is 0.424. The van der Waals surface area contributed by atoms with Crippen LogP contribution in [0.1, 0.15) is 58.4 Å². The van der Waals surface area contributed by atoms with Gasteiger partial charge in [-0.3, -0.25) is 0 Å². The smallest absolute Gasteiger partial charge is 0.0545 e. The van der Waals surface area contributed by atoms with Gasteiger partial charge >= 0.3 is 0 Å². The van der Waals surface area contributed by atoms with Gasteiger partial charge in [-0.2, -0.15) is 0 Å². The molecule has 0 spiro atoms. The Morgan fingerprint density at radius 3 is 2.50 bits per heavy atom. The highest BCUT2D eigenvalue weighted by molar-refractivity contribution is 8.00. The van der Waals surface area contributed by atoms with Crippen molar-refractivity contribution in [2.45, 2.75) is 75.1 Å². The molecule has 3 heteroatoms. The first-order chi connectivity index (χ1) is 9.44. The van der Waals surface area contributed by atoms with Gasteiger partial charge in [-0.05, 0) is 51.3 Å². The largest absolute Gasteiger partial charge is 0.308 e. The van der Waals surface area contributed by atoms with E-state index in [0.29, 0.717) is 0 Å². The van der Waals surface area contributed by atoms with Crippen molar-refractivity contribution in [3.05, 3.63) is 28.8 Å². The third kappa shape index (κ3) is 5.31. The molecule has 1 saturated carbocycles. The average molecular weight is 312 g/mol. The van der Waals surface area contributed by atoms with Crippen molar-refractivity contribution < 1.29 is 0 Å². The van der Waals surface area contributed by atoms with E-state index >= 15 is 0 Å². The van der Waals surface area contributed by atoms with Crippen LogP contribution in [0.15, 0.2) is 23.1 Å². The summed E-state index contributed by atoms with van der Waals surface area (Å²) in [5, 5.41) is 5.18. The van der Waals surface area contributed by atoms with Gasteiger partial charge in [0.2, 0.25) is 0 Å². The minimum Gasteiger partial charge on any atom is -0.308 e. The highest BCUT2D eigenvalue weighted by Gasteiger charge is 2.16. The monoisotopic (exact) mass is 311 g/mol. The van der Waals surface area contributed by atoms with Gasteiger partial charge in [0.05, 0.1) is 5.02 Å². The average Bonchev–Trinajstić information content (AvgIpc) is 2.40. The first-order valence-corrected chi connectivity index (χ1v) is 8.90. The van der Waals surface area contributed by atoms with E-state index in [-0.39, 0.29) is 5.54 Å². The lowest BCUT2D eigenvalue weighted by Crippen LogP contribution is -2.35. The summed E-state index contributed by atoms with van der Waals surface area (Å²) in [6.45, 7) is 7.42. The summed E-state index contributed by atoms with van der Waals surface area (Å²) in [4.78, 5) is 1.25. The lowest BCUT2D eigenvalue weighted by atomic mass is 10.0. The minimum absolute atomic E-state index is 0.141. The quantitative estimate of drug-likeness (QED) is 0.770. The van der Waals surface area contributed by atoms with Gasteiger partial charge in [0.15, 0.2) is 0 Å². The Labute approximate surface area is 132 Å². The summed E-state index contributed by atoms with van der Waals surface area (Å²) in [7, 11) is 0. The topological polar surface area (TPSA) is 12.0 Å². The Bertz CT molecular complexity index is 433. The Kier molecular flexibility index (Phi) is 5.83. The van der Waals surface area contributed by atoms with Gasteiger partial charge in [-0.15, -0.1) is 11.8 Å². The number of rotatable bonds is 4. The maximum Gasteiger partial charge on any atom is 0.0545 e. The van der Waals surface area contributed by atoms with Gasteiger partial charge in [0, 0.05) is 22.2 Å². The highest BCUT2D eigenvalue weighted by Crippen LogP contribution is 2.37. The predicted octanol–water partition coefficient (Wildman–Crippen LogP) is 5.65. The highest BCUT2D eigenvalue weighted by atomic mass is 35.5. The van der Waals surface area contributed by atoms with E-state index < -0.39 is 0 Å². The third-order valence-corrected chi connectivity index (χ3v) is 5.50. The summed E-state index contributed by atoms with van der Waals surface area (Å²) < 4.78 is 0. The molecule has 20 heavy (non-hydrogen) atoms. The first-order valence-electron chi connectivity index (χ1n) is 7.64. The van der Waals surface area contributed by atoms with Crippen molar-refractivity contribution in [2.75, 3.05) is 0 Å². The van der Waals surface area contributed by atoms with Crippen molar-refractivity contribution >= 4 is 23.4 Å². The summed E-state index contributed by atoms with van der Waals surface area (Å²) in [5.41, 5.74) is 1.40. The second-order valence-corrected chi connectivity index (χ2v) is 8.50. The molecule has 1 aliphatic carbocycles. The summed E-state index contributed by atoms with van der Waals surface area (Å²) in [6, 6.07) is 6.52. The maximum absolute atomic E-state index is 6.45. The SMILES string of the molecule is CC(C)(C)NCc1ccc(SC2CCCCC2)c(Cl)c1. The molecule has 0 amide bonds. The first kappa shape index (κ1) is 16.2. The van der Waals surface area contributed by atoms with Crippen molar-refractivity contribution in [1.29, 1.82) is 0 Å². The molecule has 1 N–H and O–H groups in total. The van der Waals surface area contributed by atoms with Crippen LogP contribution in [0.25, 0.3) is 0 Å². The minimum atomic E-state index is 0.141. The van der Waals surface area contributed by atoms with Gasteiger partial charge in [-0.1, -0.05) is 36.9 Å². The second kappa shape index (κ2) is 7.20. The zero-order chi connectivity index (χ0) is 14.6. The molecule has 1 aliphatic rings. The normalized spacial score (nSPS) is 17.4. The molecular weight excluding hydrogens is 286 g/mol. The zero-order valence-corrected chi connectivity index (χ0v) is 14.4. The molecule has 1 aromatic rings. The maximum atomic E-state index is 6.45. The molecule has 1 fully saturated rings. The van der Waals surface area contributed by atoms with Crippen LogP contribution in [0.3, 0.4) is 0 Å². The summed E-state index contributed by atoms with van der Waals surface area (Å²) in [6.07, 6.45) is 6.84. The molecule has 0 aliphatic heterocycles. The number of hydrogen-bond acceptors (Lipinski definition) is 2. The number of nitrogens with one attached hydrogen (secondary N) is 1. The van der Waals surface area contributed by atoms with Crippen molar-refractivity contribution in [3.8, 4) is 0 Å².